The second kappa shape index (κ2) is 7.17. The molecule has 1 aliphatic heterocycles. The summed E-state index contributed by atoms with van der Waals surface area (Å²) in [5, 5.41) is 0.731. The third-order valence-corrected chi connectivity index (χ3v) is 6.05. The van der Waals surface area contributed by atoms with E-state index in [-0.39, 0.29) is 0 Å². The molecule has 0 spiro atoms. The topological polar surface area (TPSA) is 52.7 Å². The molecule has 1 heterocycles. The summed E-state index contributed by atoms with van der Waals surface area (Å²) in [6, 6.07) is 5.89. The number of aryl methyl sites for hydroxylation is 1. The molecule has 1 fully saturated rings. The van der Waals surface area contributed by atoms with Crippen LogP contribution in [-0.4, -0.2) is 45.9 Å². The van der Waals surface area contributed by atoms with Gasteiger partial charge in [-0.25, -0.2) is 4.72 Å². The highest BCUT2D eigenvalue weighted by molar-refractivity contribution is 7.87. The molecule has 1 N–H and O–H groups in total. The molecule has 124 valence electrons. The molecule has 2 rings (SSSR count). The molecule has 1 aliphatic rings. The van der Waals surface area contributed by atoms with Crippen LogP contribution in [0.15, 0.2) is 18.2 Å². The van der Waals surface area contributed by atoms with Crippen molar-refractivity contribution in [2.24, 2.45) is 5.92 Å². The summed E-state index contributed by atoms with van der Waals surface area (Å²) < 4.78 is 27.9. The molecule has 0 aliphatic carbocycles. The van der Waals surface area contributed by atoms with Gasteiger partial charge in [0.1, 0.15) is 0 Å². The number of halogens is 1. The quantitative estimate of drug-likeness (QED) is 0.860. The van der Waals surface area contributed by atoms with E-state index < -0.39 is 10.2 Å². The molecule has 1 aromatic rings. The number of nitrogens with zero attached hydrogens (tertiary/aromatic N) is 2. The Balaban J connectivity index is 1.95. The summed E-state index contributed by atoms with van der Waals surface area (Å²) in [5.41, 5.74) is 2.33. The largest absolute Gasteiger partial charge is 0.371 e. The number of hydrogen-bond donors (Lipinski definition) is 1. The first-order valence-corrected chi connectivity index (χ1v) is 9.37. The zero-order valence-corrected chi connectivity index (χ0v) is 14.9. The molecule has 0 bridgehead atoms. The Morgan fingerprint density at radius 1 is 1.45 bits per heavy atom. The molecular formula is C15H24ClN3O2S. The Kier molecular flexibility index (Phi) is 5.71. The average Bonchev–Trinajstić information content (AvgIpc) is 2.95. The van der Waals surface area contributed by atoms with Crippen LogP contribution in [0.3, 0.4) is 0 Å². The number of benzene rings is 1. The minimum Gasteiger partial charge on any atom is -0.371 e. The molecule has 0 aromatic heterocycles. The zero-order valence-electron chi connectivity index (χ0n) is 13.3. The Morgan fingerprint density at radius 3 is 2.86 bits per heavy atom. The van der Waals surface area contributed by atoms with Crippen molar-refractivity contribution in [2.75, 3.05) is 38.1 Å². The highest BCUT2D eigenvalue weighted by Gasteiger charge is 2.26. The molecule has 22 heavy (non-hydrogen) atoms. The first-order valence-electron chi connectivity index (χ1n) is 7.55. The summed E-state index contributed by atoms with van der Waals surface area (Å²) in [6.07, 6.45) is 0.977. The molecule has 7 heteroatoms. The molecule has 1 atom stereocenters. The van der Waals surface area contributed by atoms with Crippen LogP contribution in [0.2, 0.25) is 5.02 Å². The van der Waals surface area contributed by atoms with Gasteiger partial charge >= 0.3 is 0 Å². The first kappa shape index (κ1) is 17.5. The lowest BCUT2D eigenvalue weighted by atomic mass is 10.1. The van der Waals surface area contributed by atoms with Crippen LogP contribution in [0.4, 0.5) is 5.69 Å². The summed E-state index contributed by atoms with van der Waals surface area (Å²) in [7, 11) is -1.77. The fourth-order valence-electron chi connectivity index (χ4n) is 2.64. The van der Waals surface area contributed by atoms with Crippen LogP contribution < -0.4 is 9.62 Å². The standard InChI is InChI=1S/C15H24ClN3O2S/c1-4-18(3)22(20,21)17-10-13-7-8-19(11-13)15-9-14(16)6-5-12(15)2/h5-6,9,13,17H,4,7-8,10-11H2,1-3H3/t13-/m0/s1. The van der Waals surface area contributed by atoms with Gasteiger partial charge in [0, 0.05) is 43.9 Å². The van der Waals surface area contributed by atoms with E-state index in [4.69, 9.17) is 11.6 Å². The molecule has 1 saturated heterocycles. The van der Waals surface area contributed by atoms with Gasteiger partial charge in [0.25, 0.3) is 10.2 Å². The summed E-state index contributed by atoms with van der Waals surface area (Å²) >= 11 is 6.08. The van der Waals surface area contributed by atoms with Crippen molar-refractivity contribution < 1.29 is 8.42 Å². The second-order valence-corrected chi connectivity index (χ2v) is 8.10. The van der Waals surface area contributed by atoms with E-state index in [0.29, 0.717) is 19.0 Å². The maximum Gasteiger partial charge on any atom is 0.279 e. The lowest BCUT2D eigenvalue weighted by molar-refractivity contribution is 0.462. The Morgan fingerprint density at radius 2 is 2.18 bits per heavy atom. The third-order valence-electron chi connectivity index (χ3n) is 4.21. The Labute approximate surface area is 138 Å². The first-order chi connectivity index (χ1) is 10.3. The molecule has 0 radical (unpaired) electrons. The lowest BCUT2D eigenvalue weighted by Gasteiger charge is -2.22. The van der Waals surface area contributed by atoms with E-state index in [9.17, 15) is 8.42 Å². The van der Waals surface area contributed by atoms with Crippen LogP contribution in [0.25, 0.3) is 0 Å². The SMILES string of the molecule is CCN(C)S(=O)(=O)NC[C@@H]1CCN(c2cc(Cl)ccc2C)C1. The van der Waals surface area contributed by atoms with Crippen LogP contribution in [0.5, 0.6) is 0 Å². The number of nitrogens with one attached hydrogen (secondary N) is 1. The van der Waals surface area contributed by atoms with Crippen LogP contribution in [-0.2, 0) is 10.2 Å². The van der Waals surface area contributed by atoms with Gasteiger partial charge in [0.15, 0.2) is 0 Å². The minimum atomic E-state index is -3.35. The highest BCUT2D eigenvalue weighted by atomic mass is 35.5. The Hall–Kier alpha value is -0.820. The zero-order chi connectivity index (χ0) is 16.3. The Bertz CT molecular complexity index is 621. The van der Waals surface area contributed by atoms with Gasteiger partial charge < -0.3 is 4.90 Å². The second-order valence-electron chi connectivity index (χ2n) is 5.80. The van der Waals surface area contributed by atoms with E-state index in [1.165, 1.54) is 9.87 Å². The van der Waals surface area contributed by atoms with Gasteiger partial charge in [0.05, 0.1) is 0 Å². The molecule has 0 unspecified atom stereocenters. The van der Waals surface area contributed by atoms with E-state index in [0.717, 1.165) is 30.2 Å². The highest BCUT2D eigenvalue weighted by Crippen LogP contribution is 2.29. The summed E-state index contributed by atoms with van der Waals surface area (Å²) in [6.45, 7) is 6.60. The number of rotatable bonds is 6. The fraction of sp³-hybridized carbons (Fsp3) is 0.600. The summed E-state index contributed by atoms with van der Waals surface area (Å²) in [5.74, 6) is 0.318. The van der Waals surface area contributed by atoms with Crippen molar-refractivity contribution in [1.29, 1.82) is 0 Å². The molecular weight excluding hydrogens is 322 g/mol. The van der Waals surface area contributed by atoms with Crippen LogP contribution >= 0.6 is 11.6 Å². The van der Waals surface area contributed by atoms with Crippen molar-refractivity contribution >= 4 is 27.5 Å². The van der Waals surface area contributed by atoms with E-state index >= 15 is 0 Å². The van der Waals surface area contributed by atoms with Crippen molar-refractivity contribution in [2.45, 2.75) is 20.3 Å². The average molecular weight is 346 g/mol. The van der Waals surface area contributed by atoms with Gasteiger partial charge in [-0.15, -0.1) is 0 Å². The third kappa shape index (κ3) is 4.13. The van der Waals surface area contributed by atoms with Gasteiger partial charge in [-0.2, -0.15) is 12.7 Å². The number of anilines is 1. The molecule has 5 nitrogen and oxygen atoms in total. The molecule has 0 saturated carbocycles. The van der Waals surface area contributed by atoms with Crippen molar-refractivity contribution in [3.63, 3.8) is 0 Å². The van der Waals surface area contributed by atoms with Gasteiger partial charge in [-0.3, -0.25) is 0 Å². The maximum absolute atomic E-state index is 12.0. The van der Waals surface area contributed by atoms with Gasteiger partial charge in [0.2, 0.25) is 0 Å². The smallest absolute Gasteiger partial charge is 0.279 e. The molecule has 1 aromatic carbocycles. The summed E-state index contributed by atoms with van der Waals surface area (Å²) in [4.78, 5) is 2.28. The van der Waals surface area contributed by atoms with Crippen molar-refractivity contribution in [1.82, 2.24) is 9.03 Å². The van der Waals surface area contributed by atoms with E-state index in [1.807, 2.05) is 25.1 Å². The minimum absolute atomic E-state index is 0.318. The van der Waals surface area contributed by atoms with Gasteiger partial charge in [-0.1, -0.05) is 24.6 Å². The number of hydrogen-bond acceptors (Lipinski definition) is 3. The van der Waals surface area contributed by atoms with Crippen molar-refractivity contribution in [3.05, 3.63) is 28.8 Å². The molecule has 0 amide bonds. The fourth-order valence-corrected chi connectivity index (χ4v) is 3.82. The lowest BCUT2D eigenvalue weighted by Crippen LogP contribution is -2.40. The monoisotopic (exact) mass is 345 g/mol. The predicted octanol–water partition coefficient (Wildman–Crippen LogP) is 2.26. The maximum atomic E-state index is 12.0. The predicted molar refractivity (Wildman–Crippen MR) is 91.7 cm³/mol. The normalized spacial score (nSPS) is 19.1. The van der Waals surface area contributed by atoms with E-state index in [2.05, 4.69) is 16.5 Å². The van der Waals surface area contributed by atoms with Crippen LogP contribution in [0.1, 0.15) is 18.9 Å². The van der Waals surface area contributed by atoms with E-state index in [1.54, 1.807) is 7.05 Å². The van der Waals surface area contributed by atoms with Gasteiger partial charge in [-0.05, 0) is 37.0 Å². The van der Waals surface area contributed by atoms with Crippen LogP contribution in [0, 0.1) is 12.8 Å². The van der Waals surface area contributed by atoms with Crippen molar-refractivity contribution in [3.8, 4) is 0 Å².